The van der Waals surface area contributed by atoms with Crippen molar-refractivity contribution in [2.24, 2.45) is 0 Å². The van der Waals surface area contributed by atoms with Gasteiger partial charge in [-0.15, -0.1) is 0 Å². The monoisotopic (exact) mass is 392 g/mol. The van der Waals surface area contributed by atoms with Crippen LogP contribution in [-0.4, -0.2) is 31.5 Å². The van der Waals surface area contributed by atoms with E-state index in [2.05, 4.69) is 44.7 Å². The molecule has 0 atom stereocenters. The number of aromatic nitrogens is 5. The first-order valence-corrected chi connectivity index (χ1v) is 9.86. The molecule has 0 fully saturated rings. The minimum atomic E-state index is 0.626. The lowest BCUT2D eigenvalue weighted by Crippen LogP contribution is -2.08. The van der Waals surface area contributed by atoms with Gasteiger partial charge in [-0.2, -0.15) is 0 Å². The summed E-state index contributed by atoms with van der Waals surface area (Å²) in [4.78, 5) is 21.4. The van der Waals surface area contributed by atoms with Crippen LogP contribution in [0.4, 0.5) is 5.82 Å². The maximum Gasteiger partial charge on any atom is 0.163 e. The van der Waals surface area contributed by atoms with Crippen LogP contribution in [0.1, 0.15) is 5.56 Å². The molecule has 0 radical (unpaired) electrons. The number of rotatable bonds is 6. The maximum atomic E-state index is 4.71. The summed E-state index contributed by atoms with van der Waals surface area (Å²) in [7, 11) is 0. The van der Waals surface area contributed by atoms with Crippen molar-refractivity contribution < 1.29 is 0 Å². The lowest BCUT2D eigenvalue weighted by atomic mass is 10.1. The molecule has 5 aromatic rings. The topological polar surface area (TPSA) is 79.4 Å². The fraction of sp³-hybridized carbons (Fsp3) is 0.0833. The number of anilines is 1. The third-order valence-corrected chi connectivity index (χ3v) is 4.95. The third-order valence-electron chi connectivity index (χ3n) is 4.95. The van der Waals surface area contributed by atoms with E-state index in [-0.39, 0.29) is 0 Å². The van der Waals surface area contributed by atoms with Crippen molar-refractivity contribution in [1.29, 1.82) is 0 Å². The lowest BCUT2D eigenvalue weighted by molar-refractivity contribution is 1.01. The standard InChI is InChI=1S/C24H20N6/c1-2-8-20-19(7-1)17(16-28-20)10-13-27-23-14-22(21-9-3-4-12-26-21)29-24(30-23)18-6-5-11-25-15-18/h1-9,11-12,14-16,28H,10,13H2,(H,27,29,30). The molecule has 0 aliphatic rings. The van der Waals surface area contributed by atoms with Crippen LogP contribution in [-0.2, 0) is 6.42 Å². The van der Waals surface area contributed by atoms with Gasteiger partial charge >= 0.3 is 0 Å². The quantitative estimate of drug-likeness (QED) is 0.436. The average molecular weight is 392 g/mol. The van der Waals surface area contributed by atoms with Crippen LogP contribution in [0.5, 0.6) is 0 Å². The fourth-order valence-electron chi connectivity index (χ4n) is 3.47. The number of hydrogen-bond acceptors (Lipinski definition) is 5. The Morgan fingerprint density at radius 2 is 1.80 bits per heavy atom. The zero-order chi connectivity index (χ0) is 20.2. The summed E-state index contributed by atoms with van der Waals surface area (Å²) < 4.78 is 0. The fourth-order valence-corrected chi connectivity index (χ4v) is 3.47. The van der Waals surface area contributed by atoms with Gasteiger partial charge in [-0.3, -0.25) is 9.97 Å². The molecule has 4 aromatic heterocycles. The Morgan fingerprint density at radius 1 is 0.867 bits per heavy atom. The van der Waals surface area contributed by atoms with E-state index in [4.69, 9.17) is 9.97 Å². The first kappa shape index (κ1) is 18.0. The largest absolute Gasteiger partial charge is 0.370 e. The van der Waals surface area contributed by atoms with Gasteiger partial charge in [0, 0.05) is 53.9 Å². The third kappa shape index (κ3) is 3.75. The Kier molecular flexibility index (Phi) is 4.88. The van der Waals surface area contributed by atoms with Gasteiger partial charge in [0.25, 0.3) is 0 Å². The molecule has 30 heavy (non-hydrogen) atoms. The summed E-state index contributed by atoms with van der Waals surface area (Å²) in [6, 6.07) is 19.9. The lowest BCUT2D eigenvalue weighted by Gasteiger charge is -2.10. The number of nitrogens with zero attached hydrogens (tertiary/aromatic N) is 4. The van der Waals surface area contributed by atoms with Crippen LogP contribution < -0.4 is 5.32 Å². The van der Waals surface area contributed by atoms with Crippen molar-refractivity contribution >= 4 is 16.7 Å². The van der Waals surface area contributed by atoms with Gasteiger partial charge in [0.15, 0.2) is 5.82 Å². The molecule has 146 valence electrons. The molecule has 0 saturated carbocycles. The van der Waals surface area contributed by atoms with E-state index in [9.17, 15) is 0 Å². The number of pyridine rings is 2. The second kappa shape index (κ2) is 8.13. The van der Waals surface area contributed by atoms with Gasteiger partial charge < -0.3 is 10.3 Å². The number of nitrogens with one attached hydrogen (secondary N) is 2. The van der Waals surface area contributed by atoms with Gasteiger partial charge in [-0.05, 0) is 42.3 Å². The smallest absolute Gasteiger partial charge is 0.163 e. The second-order valence-corrected chi connectivity index (χ2v) is 6.95. The highest BCUT2D eigenvalue weighted by atomic mass is 15.0. The molecule has 1 aromatic carbocycles. The van der Waals surface area contributed by atoms with Crippen LogP contribution in [0.3, 0.4) is 0 Å². The minimum Gasteiger partial charge on any atom is -0.370 e. The molecule has 0 aliphatic heterocycles. The van der Waals surface area contributed by atoms with Crippen LogP contribution in [0.2, 0.25) is 0 Å². The van der Waals surface area contributed by atoms with Crippen LogP contribution in [0.25, 0.3) is 33.7 Å². The van der Waals surface area contributed by atoms with Gasteiger partial charge in [-0.25, -0.2) is 9.97 Å². The van der Waals surface area contributed by atoms with Gasteiger partial charge in [-0.1, -0.05) is 24.3 Å². The van der Waals surface area contributed by atoms with Crippen molar-refractivity contribution in [2.45, 2.75) is 6.42 Å². The maximum absolute atomic E-state index is 4.71. The predicted octanol–water partition coefficient (Wildman–Crippen LogP) is 4.74. The van der Waals surface area contributed by atoms with E-state index >= 15 is 0 Å². The zero-order valence-electron chi connectivity index (χ0n) is 16.3. The van der Waals surface area contributed by atoms with Gasteiger partial charge in [0.05, 0.1) is 11.4 Å². The first-order chi connectivity index (χ1) is 14.9. The van der Waals surface area contributed by atoms with E-state index in [1.807, 2.05) is 42.5 Å². The van der Waals surface area contributed by atoms with Crippen molar-refractivity contribution in [1.82, 2.24) is 24.9 Å². The summed E-state index contributed by atoms with van der Waals surface area (Å²) in [5, 5.41) is 4.71. The van der Waals surface area contributed by atoms with Crippen molar-refractivity contribution in [3.63, 3.8) is 0 Å². The van der Waals surface area contributed by atoms with Crippen molar-refractivity contribution in [2.75, 3.05) is 11.9 Å². The molecule has 6 nitrogen and oxygen atoms in total. The molecule has 0 saturated heterocycles. The number of aromatic amines is 1. The zero-order valence-corrected chi connectivity index (χ0v) is 16.3. The number of H-pyrrole nitrogens is 1. The molecule has 5 rings (SSSR count). The number of hydrogen-bond donors (Lipinski definition) is 2. The molecule has 0 aliphatic carbocycles. The predicted molar refractivity (Wildman–Crippen MR) is 119 cm³/mol. The molecular weight excluding hydrogens is 372 g/mol. The summed E-state index contributed by atoms with van der Waals surface area (Å²) in [6.07, 6.45) is 8.24. The van der Waals surface area contributed by atoms with Crippen LogP contribution in [0.15, 0.2) is 85.5 Å². The van der Waals surface area contributed by atoms with Crippen molar-refractivity contribution in [3.05, 3.63) is 91.0 Å². The summed E-state index contributed by atoms with van der Waals surface area (Å²) in [5.74, 6) is 1.39. The summed E-state index contributed by atoms with van der Waals surface area (Å²) in [6.45, 7) is 0.757. The highest BCUT2D eigenvalue weighted by Crippen LogP contribution is 2.23. The van der Waals surface area contributed by atoms with E-state index in [0.29, 0.717) is 5.82 Å². The van der Waals surface area contributed by atoms with Crippen LogP contribution in [0, 0.1) is 0 Å². The molecule has 2 N–H and O–H groups in total. The van der Waals surface area contributed by atoms with Crippen LogP contribution >= 0.6 is 0 Å². The van der Waals surface area contributed by atoms with E-state index in [0.717, 1.165) is 41.3 Å². The second-order valence-electron chi connectivity index (χ2n) is 6.95. The Morgan fingerprint density at radius 3 is 2.67 bits per heavy atom. The number of fused-ring (bicyclic) bond motifs is 1. The van der Waals surface area contributed by atoms with E-state index < -0.39 is 0 Å². The van der Waals surface area contributed by atoms with Gasteiger partial charge in [0.1, 0.15) is 5.82 Å². The molecule has 0 amide bonds. The SMILES string of the molecule is c1ccc(-c2cc(NCCc3c[nH]c4ccccc34)nc(-c3cccnc3)n2)nc1. The Hall–Kier alpha value is -4.06. The Bertz CT molecular complexity index is 1210. The number of para-hydroxylation sites is 1. The minimum absolute atomic E-state index is 0.626. The highest BCUT2D eigenvalue weighted by Gasteiger charge is 2.10. The summed E-state index contributed by atoms with van der Waals surface area (Å²) >= 11 is 0. The molecule has 0 unspecified atom stereocenters. The Balaban J connectivity index is 1.42. The molecule has 4 heterocycles. The average Bonchev–Trinajstić information content (AvgIpc) is 3.23. The molecule has 6 heteroatoms. The molecule has 0 spiro atoms. The highest BCUT2D eigenvalue weighted by molar-refractivity contribution is 5.83. The summed E-state index contributed by atoms with van der Waals surface area (Å²) in [5.41, 5.74) is 4.90. The van der Waals surface area contributed by atoms with Gasteiger partial charge in [0.2, 0.25) is 0 Å². The normalized spacial score (nSPS) is 10.9. The number of benzene rings is 1. The van der Waals surface area contributed by atoms with E-state index in [1.165, 1.54) is 10.9 Å². The van der Waals surface area contributed by atoms with E-state index in [1.54, 1.807) is 18.6 Å². The first-order valence-electron chi connectivity index (χ1n) is 9.86. The van der Waals surface area contributed by atoms with Crippen molar-refractivity contribution in [3.8, 4) is 22.8 Å². The molecular formula is C24H20N6. The molecule has 0 bridgehead atoms. The Labute approximate surface area is 174 Å².